The maximum atomic E-state index is 12.5. The molecule has 0 spiro atoms. The SMILES string of the molecule is O=C(c1ccc(Br)cc1)N1CCN(Cc2ccncc2)CC1. The van der Waals surface area contributed by atoms with Crippen molar-refractivity contribution in [2.75, 3.05) is 26.2 Å². The lowest BCUT2D eigenvalue weighted by Crippen LogP contribution is -2.48. The molecular formula is C17H18BrN3O. The number of nitrogens with zero attached hydrogens (tertiary/aromatic N) is 3. The first kappa shape index (κ1) is 15.2. The first-order chi connectivity index (χ1) is 10.7. The van der Waals surface area contributed by atoms with Gasteiger partial charge in [0.05, 0.1) is 0 Å². The number of halogens is 1. The molecule has 0 bridgehead atoms. The van der Waals surface area contributed by atoms with E-state index in [4.69, 9.17) is 0 Å². The van der Waals surface area contributed by atoms with Gasteiger partial charge in [-0.3, -0.25) is 14.7 Å². The summed E-state index contributed by atoms with van der Waals surface area (Å²) >= 11 is 3.39. The minimum absolute atomic E-state index is 0.121. The Morgan fingerprint density at radius 3 is 2.27 bits per heavy atom. The number of hydrogen-bond acceptors (Lipinski definition) is 3. The topological polar surface area (TPSA) is 36.4 Å². The number of pyridine rings is 1. The number of hydrogen-bond donors (Lipinski definition) is 0. The highest BCUT2D eigenvalue weighted by Gasteiger charge is 2.21. The molecular weight excluding hydrogens is 342 g/mol. The van der Waals surface area contributed by atoms with Crippen molar-refractivity contribution in [1.82, 2.24) is 14.8 Å². The first-order valence-corrected chi connectivity index (χ1v) is 8.18. The van der Waals surface area contributed by atoms with Gasteiger partial charge in [0.15, 0.2) is 0 Å². The van der Waals surface area contributed by atoms with Gasteiger partial charge in [-0.2, -0.15) is 0 Å². The number of rotatable bonds is 3. The zero-order valence-corrected chi connectivity index (χ0v) is 13.9. The Bertz CT molecular complexity index is 622. The normalized spacial score (nSPS) is 15.8. The van der Waals surface area contributed by atoms with Crippen LogP contribution in [-0.2, 0) is 6.54 Å². The Kier molecular flexibility index (Phi) is 4.85. The molecule has 4 nitrogen and oxygen atoms in total. The zero-order valence-electron chi connectivity index (χ0n) is 12.3. The third-order valence-corrected chi connectivity index (χ3v) is 4.43. The van der Waals surface area contributed by atoms with Gasteiger partial charge in [0, 0.05) is 55.2 Å². The predicted octanol–water partition coefficient (Wildman–Crippen LogP) is 2.80. The molecule has 114 valence electrons. The van der Waals surface area contributed by atoms with Gasteiger partial charge in [0.2, 0.25) is 0 Å². The summed E-state index contributed by atoms with van der Waals surface area (Å²) in [5.74, 6) is 0.121. The van der Waals surface area contributed by atoms with Crippen LogP contribution in [0.25, 0.3) is 0 Å². The zero-order chi connectivity index (χ0) is 15.4. The van der Waals surface area contributed by atoms with E-state index in [0.29, 0.717) is 0 Å². The second-order valence-corrected chi connectivity index (χ2v) is 6.35. The van der Waals surface area contributed by atoms with E-state index in [9.17, 15) is 4.79 Å². The van der Waals surface area contributed by atoms with Gasteiger partial charge in [0.1, 0.15) is 0 Å². The molecule has 1 saturated heterocycles. The van der Waals surface area contributed by atoms with Crippen LogP contribution in [0.4, 0.5) is 0 Å². The molecule has 2 heterocycles. The summed E-state index contributed by atoms with van der Waals surface area (Å²) < 4.78 is 0.992. The van der Waals surface area contributed by atoms with Crippen molar-refractivity contribution in [3.63, 3.8) is 0 Å². The molecule has 3 rings (SSSR count). The lowest BCUT2D eigenvalue weighted by molar-refractivity contribution is 0.0628. The fourth-order valence-electron chi connectivity index (χ4n) is 2.63. The summed E-state index contributed by atoms with van der Waals surface area (Å²) in [5, 5.41) is 0. The average Bonchev–Trinajstić information content (AvgIpc) is 2.57. The van der Waals surface area contributed by atoms with Crippen molar-refractivity contribution >= 4 is 21.8 Å². The number of carbonyl (C=O) groups excluding carboxylic acids is 1. The second-order valence-electron chi connectivity index (χ2n) is 5.43. The molecule has 1 aromatic carbocycles. The van der Waals surface area contributed by atoms with Gasteiger partial charge in [-0.15, -0.1) is 0 Å². The van der Waals surface area contributed by atoms with E-state index >= 15 is 0 Å². The van der Waals surface area contributed by atoms with Crippen LogP contribution in [0.5, 0.6) is 0 Å². The molecule has 0 aliphatic carbocycles. The summed E-state index contributed by atoms with van der Waals surface area (Å²) in [6, 6.07) is 11.6. The van der Waals surface area contributed by atoms with Crippen LogP contribution < -0.4 is 0 Å². The number of carbonyl (C=O) groups is 1. The number of aromatic nitrogens is 1. The van der Waals surface area contributed by atoms with Gasteiger partial charge in [-0.1, -0.05) is 15.9 Å². The van der Waals surface area contributed by atoms with E-state index in [0.717, 1.165) is 42.8 Å². The van der Waals surface area contributed by atoms with E-state index in [-0.39, 0.29) is 5.91 Å². The first-order valence-electron chi connectivity index (χ1n) is 7.38. The summed E-state index contributed by atoms with van der Waals surface area (Å²) in [4.78, 5) is 20.8. The Balaban J connectivity index is 1.55. The fourth-order valence-corrected chi connectivity index (χ4v) is 2.89. The largest absolute Gasteiger partial charge is 0.336 e. The van der Waals surface area contributed by atoms with Crippen molar-refractivity contribution in [2.24, 2.45) is 0 Å². The Morgan fingerprint density at radius 1 is 1.00 bits per heavy atom. The van der Waals surface area contributed by atoms with Gasteiger partial charge >= 0.3 is 0 Å². The van der Waals surface area contributed by atoms with Crippen molar-refractivity contribution in [3.05, 3.63) is 64.4 Å². The van der Waals surface area contributed by atoms with Gasteiger partial charge in [-0.05, 0) is 42.0 Å². The van der Waals surface area contributed by atoms with Crippen LogP contribution in [0, 0.1) is 0 Å². The van der Waals surface area contributed by atoms with Crippen molar-refractivity contribution in [1.29, 1.82) is 0 Å². The quantitative estimate of drug-likeness (QED) is 0.845. The number of benzene rings is 1. The maximum absolute atomic E-state index is 12.5. The van der Waals surface area contributed by atoms with Crippen LogP contribution in [-0.4, -0.2) is 46.9 Å². The molecule has 0 N–H and O–H groups in total. The molecule has 1 fully saturated rings. The third kappa shape index (κ3) is 3.72. The molecule has 1 aliphatic rings. The molecule has 0 saturated carbocycles. The highest BCUT2D eigenvalue weighted by molar-refractivity contribution is 9.10. The lowest BCUT2D eigenvalue weighted by Gasteiger charge is -2.34. The average molecular weight is 360 g/mol. The summed E-state index contributed by atoms with van der Waals surface area (Å²) in [6.07, 6.45) is 3.64. The third-order valence-electron chi connectivity index (χ3n) is 3.91. The molecule has 5 heteroatoms. The van der Waals surface area contributed by atoms with Gasteiger partial charge in [0.25, 0.3) is 5.91 Å². The molecule has 0 radical (unpaired) electrons. The highest BCUT2D eigenvalue weighted by atomic mass is 79.9. The lowest BCUT2D eigenvalue weighted by atomic mass is 10.1. The van der Waals surface area contributed by atoms with Crippen LogP contribution in [0.2, 0.25) is 0 Å². The van der Waals surface area contributed by atoms with Gasteiger partial charge in [-0.25, -0.2) is 0 Å². The monoisotopic (exact) mass is 359 g/mol. The van der Waals surface area contributed by atoms with E-state index in [2.05, 4.69) is 25.8 Å². The molecule has 1 amide bonds. The number of piperazine rings is 1. The van der Waals surface area contributed by atoms with Crippen molar-refractivity contribution < 1.29 is 4.79 Å². The Labute approximate surface area is 138 Å². The molecule has 0 unspecified atom stereocenters. The summed E-state index contributed by atoms with van der Waals surface area (Å²) in [7, 11) is 0. The van der Waals surface area contributed by atoms with Crippen LogP contribution in [0.15, 0.2) is 53.3 Å². The highest BCUT2D eigenvalue weighted by Crippen LogP contribution is 2.14. The molecule has 2 aromatic rings. The van der Waals surface area contributed by atoms with Gasteiger partial charge < -0.3 is 4.90 Å². The molecule has 0 atom stereocenters. The summed E-state index contributed by atoms with van der Waals surface area (Å²) in [5.41, 5.74) is 2.02. The van der Waals surface area contributed by atoms with E-state index in [1.807, 2.05) is 53.7 Å². The Hall–Kier alpha value is -1.72. The van der Waals surface area contributed by atoms with Crippen LogP contribution >= 0.6 is 15.9 Å². The van der Waals surface area contributed by atoms with Crippen LogP contribution in [0.1, 0.15) is 15.9 Å². The van der Waals surface area contributed by atoms with Crippen LogP contribution in [0.3, 0.4) is 0 Å². The second kappa shape index (κ2) is 7.03. The van der Waals surface area contributed by atoms with E-state index in [1.165, 1.54) is 5.56 Å². The van der Waals surface area contributed by atoms with Crippen molar-refractivity contribution in [3.8, 4) is 0 Å². The molecule has 1 aliphatic heterocycles. The predicted molar refractivity (Wildman–Crippen MR) is 89.6 cm³/mol. The molecule has 1 aromatic heterocycles. The van der Waals surface area contributed by atoms with E-state index < -0.39 is 0 Å². The van der Waals surface area contributed by atoms with Crippen molar-refractivity contribution in [2.45, 2.75) is 6.54 Å². The summed E-state index contributed by atoms with van der Waals surface area (Å²) in [6.45, 7) is 4.29. The molecule has 22 heavy (non-hydrogen) atoms. The minimum Gasteiger partial charge on any atom is -0.336 e. The maximum Gasteiger partial charge on any atom is 0.253 e. The standard InChI is InChI=1S/C17H18BrN3O/c18-16-3-1-15(2-4-16)17(22)21-11-9-20(10-12-21)13-14-5-7-19-8-6-14/h1-8H,9-13H2. The smallest absolute Gasteiger partial charge is 0.253 e. The fraction of sp³-hybridized carbons (Fsp3) is 0.294. The Morgan fingerprint density at radius 2 is 1.64 bits per heavy atom. The number of amides is 1. The minimum atomic E-state index is 0.121. The van der Waals surface area contributed by atoms with E-state index in [1.54, 1.807) is 0 Å².